The van der Waals surface area contributed by atoms with Crippen molar-refractivity contribution in [1.29, 1.82) is 0 Å². The predicted octanol–water partition coefficient (Wildman–Crippen LogP) is 7.46. The summed E-state index contributed by atoms with van der Waals surface area (Å²) in [6, 6.07) is 26.4. The molecular formula is C31H34N4O3. The number of nitrogens with one attached hydrogen (secondary N) is 2. The third-order valence-corrected chi connectivity index (χ3v) is 5.85. The third-order valence-electron chi connectivity index (χ3n) is 5.85. The fourth-order valence-electron chi connectivity index (χ4n) is 3.89. The Balaban J connectivity index is 1.41. The number of nitrogens with zero attached hydrogens (tertiary/aromatic N) is 2. The van der Waals surface area contributed by atoms with Gasteiger partial charge in [0.2, 0.25) is 5.88 Å². The molecule has 4 rings (SSSR count). The molecule has 0 aliphatic rings. The van der Waals surface area contributed by atoms with Gasteiger partial charge in [0.05, 0.1) is 0 Å². The molecule has 3 aromatic carbocycles. The minimum Gasteiger partial charge on any atom is -0.489 e. The molecule has 2 N–H and O–H groups in total. The van der Waals surface area contributed by atoms with Crippen LogP contribution in [0.3, 0.4) is 0 Å². The van der Waals surface area contributed by atoms with Crippen LogP contribution in [-0.2, 0) is 12.0 Å². The highest BCUT2D eigenvalue weighted by atomic mass is 16.5. The maximum atomic E-state index is 12.9. The summed E-state index contributed by atoms with van der Waals surface area (Å²) < 4.78 is 12.1. The summed E-state index contributed by atoms with van der Waals surface area (Å²) in [5.41, 5.74) is 4.17. The van der Waals surface area contributed by atoms with E-state index in [9.17, 15) is 4.79 Å². The first kappa shape index (κ1) is 26.5. The zero-order valence-electron chi connectivity index (χ0n) is 22.5. The van der Waals surface area contributed by atoms with Crippen molar-refractivity contribution in [1.82, 2.24) is 4.98 Å². The highest BCUT2D eigenvalue weighted by Gasteiger charge is 2.20. The van der Waals surface area contributed by atoms with Gasteiger partial charge < -0.3 is 25.0 Å². The summed E-state index contributed by atoms with van der Waals surface area (Å²) in [5.74, 6) is 1.67. The van der Waals surface area contributed by atoms with Crippen LogP contribution in [-0.4, -0.2) is 25.1 Å². The number of benzene rings is 3. The zero-order valence-corrected chi connectivity index (χ0v) is 22.5. The molecule has 4 aromatic rings. The van der Waals surface area contributed by atoms with Crippen LogP contribution in [0.15, 0.2) is 91.1 Å². The Bertz CT molecular complexity index is 1400. The number of carbonyl (C=O) groups is 1. The quantitative estimate of drug-likeness (QED) is 0.257. The Labute approximate surface area is 224 Å². The first-order valence-electron chi connectivity index (χ1n) is 12.5. The molecule has 0 spiro atoms. The first-order valence-corrected chi connectivity index (χ1v) is 12.5. The number of hydrogen-bond acceptors (Lipinski definition) is 5. The van der Waals surface area contributed by atoms with Crippen LogP contribution in [0.2, 0.25) is 0 Å². The Hall–Kier alpha value is -4.52. The second-order valence-electron chi connectivity index (χ2n) is 10.2. The van der Waals surface area contributed by atoms with E-state index in [1.807, 2.05) is 62.6 Å². The molecule has 0 aliphatic carbocycles. The molecule has 0 saturated carbocycles. The highest BCUT2D eigenvalue weighted by Crippen LogP contribution is 2.35. The van der Waals surface area contributed by atoms with Gasteiger partial charge in [0.25, 0.3) is 0 Å². The van der Waals surface area contributed by atoms with Crippen LogP contribution in [0, 0.1) is 0 Å². The molecule has 0 fully saturated rings. The van der Waals surface area contributed by atoms with Crippen molar-refractivity contribution in [3.63, 3.8) is 0 Å². The number of urea groups is 1. The molecular weight excluding hydrogens is 476 g/mol. The van der Waals surface area contributed by atoms with E-state index in [4.69, 9.17) is 9.47 Å². The molecule has 7 heteroatoms. The first-order chi connectivity index (χ1) is 18.2. The number of ether oxygens (including phenoxy) is 2. The van der Waals surface area contributed by atoms with Gasteiger partial charge in [-0.2, -0.15) is 0 Å². The van der Waals surface area contributed by atoms with Crippen LogP contribution in [0.5, 0.6) is 17.4 Å². The number of rotatable bonds is 8. The van der Waals surface area contributed by atoms with Gasteiger partial charge in [-0.15, -0.1) is 0 Å². The van der Waals surface area contributed by atoms with Crippen molar-refractivity contribution >= 4 is 23.1 Å². The summed E-state index contributed by atoms with van der Waals surface area (Å²) >= 11 is 0. The average molecular weight is 511 g/mol. The van der Waals surface area contributed by atoms with Crippen molar-refractivity contribution in [3.8, 4) is 17.4 Å². The van der Waals surface area contributed by atoms with E-state index in [0.717, 1.165) is 16.8 Å². The van der Waals surface area contributed by atoms with Gasteiger partial charge in [-0.1, -0.05) is 57.2 Å². The lowest BCUT2D eigenvalue weighted by Crippen LogP contribution is -2.20. The van der Waals surface area contributed by atoms with E-state index in [1.54, 1.807) is 30.5 Å². The van der Waals surface area contributed by atoms with Crippen LogP contribution in [0.4, 0.5) is 21.9 Å². The van der Waals surface area contributed by atoms with Crippen molar-refractivity contribution in [3.05, 3.63) is 102 Å². The van der Waals surface area contributed by atoms with Gasteiger partial charge >= 0.3 is 6.03 Å². The average Bonchev–Trinajstić information content (AvgIpc) is 2.89. The molecule has 7 nitrogen and oxygen atoms in total. The Kier molecular flexibility index (Phi) is 8.16. The minimum atomic E-state index is -0.414. The Morgan fingerprint density at radius 1 is 0.895 bits per heavy atom. The number of pyridine rings is 1. The Morgan fingerprint density at radius 3 is 2.47 bits per heavy atom. The third kappa shape index (κ3) is 7.03. The van der Waals surface area contributed by atoms with E-state index in [0.29, 0.717) is 35.4 Å². The molecule has 196 valence electrons. The van der Waals surface area contributed by atoms with Crippen LogP contribution < -0.4 is 25.0 Å². The SMILES string of the molecule is CN(C)c1cccc(COc2cccc(NC(=O)Nc3cccnc3Oc3ccccc3C(C)(C)C)c2)c1. The molecule has 2 amide bonds. The number of amides is 2. The van der Waals surface area contributed by atoms with Crippen LogP contribution >= 0.6 is 0 Å². The van der Waals surface area contributed by atoms with Gasteiger partial charge in [-0.05, 0) is 53.4 Å². The number of anilines is 3. The molecule has 1 aromatic heterocycles. The van der Waals surface area contributed by atoms with Crippen molar-refractivity contribution < 1.29 is 14.3 Å². The monoisotopic (exact) mass is 510 g/mol. The van der Waals surface area contributed by atoms with Crippen molar-refractivity contribution in [2.75, 3.05) is 29.6 Å². The van der Waals surface area contributed by atoms with Gasteiger partial charge in [0.15, 0.2) is 0 Å². The summed E-state index contributed by atoms with van der Waals surface area (Å²) in [4.78, 5) is 19.3. The second kappa shape index (κ2) is 11.7. The molecule has 1 heterocycles. The van der Waals surface area contributed by atoms with E-state index in [-0.39, 0.29) is 5.41 Å². The molecule has 0 unspecified atom stereocenters. The molecule has 38 heavy (non-hydrogen) atoms. The summed E-state index contributed by atoms with van der Waals surface area (Å²) in [6.07, 6.45) is 1.63. The van der Waals surface area contributed by atoms with E-state index < -0.39 is 6.03 Å². The number of hydrogen-bond donors (Lipinski definition) is 2. The zero-order chi connectivity index (χ0) is 27.1. The van der Waals surface area contributed by atoms with Crippen molar-refractivity contribution in [2.24, 2.45) is 0 Å². The van der Waals surface area contributed by atoms with Gasteiger partial charge in [-0.3, -0.25) is 0 Å². The van der Waals surface area contributed by atoms with E-state index in [2.05, 4.69) is 53.4 Å². The molecule has 0 saturated heterocycles. The van der Waals surface area contributed by atoms with Crippen molar-refractivity contribution in [2.45, 2.75) is 32.8 Å². The summed E-state index contributed by atoms with van der Waals surface area (Å²) in [7, 11) is 4.01. The lowest BCUT2D eigenvalue weighted by atomic mass is 9.86. The highest BCUT2D eigenvalue weighted by molar-refractivity contribution is 6.00. The number of aromatic nitrogens is 1. The molecule has 0 bridgehead atoms. The molecule has 0 radical (unpaired) electrons. The largest absolute Gasteiger partial charge is 0.489 e. The summed E-state index contributed by atoms with van der Waals surface area (Å²) in [5, 5.41) is 5.71. The van der Waals surface area contributed by atoms with Crippen LogP contribution in [0.25, 0.3) is 0 Å². The van der Waals surface area contributed by atoms with Crippen LogP contribution in [0.1, 0.15) is 31.9 Å². The lowest BCUT2D eigenvalue weighted by molar-refractivity contribution is 0.262. The van der Waals surface area contributed by atoms with Gasteiger partial charge in [-0.25, -0.2) is 9.78 Å². The number of para-hydroxylation sites is 1. The summed E-state index contributed by atoms with van der Waals surface area (Å²) in [6.45, 7) is 6.79. The van der Waals surface area contributed by atoms with Gasteiger partial charge in [0, 0.05) is 43.3 Å². The maximum Gasteiger partial charge on any atom is 0.323 e. The van der Waals surface area contributed by atoms with E-state index >= 15 is 0 Å². The predicted molar refractivity (Wildman–Crippen MR) is 154 cm³/mol. The fraction of sp³-hybridized carbons (Fsp3) is 0.226. The second-order valence-corrected chi connectivity index (χ2v) is 10.2. The maximum absolute atomic E-state index is 12.9. The minimum absolute atomic E-state index is 0.113. The topological polar surface area (TPSA) is 75.7 Å². The fourth-order valence-corrected chi connectivity index (χ4v) is 3.89. The lowest BCUT2D eigenvalue weighted by Gasteiger charge is -2.22. The Morgan fingerprint density at radius 2 is 1.68 bits per heavy atom. The van der Waals surface area contributed by atoms with Gasteiger partial charge in [0.1, 0.15) is 23.8 Å². The van der Waals surface area contributed by atoms with E-state index in [1.165, 1.54) is 0 Å². The standard InChI is InChI=1S/C31H34N4O3/c1-31(2,3)26-15-6-7-17-28(26)38-29-27(16-10-18-32-29)34-30(36)33-23-12-9-14-25(20-23)37-21-22-11-8-13-24(19-22)35(4)5/h6-20H,21H2,1-5H3,(H2,33,34,36). The normalized spacial score (nSPS) is 11.0. The molecule has 0 aliphatic heterocycles. The number of carbonyl (C=O) groups excluding carboxylic acids is 1. The molecule has 0 atom stereocenters. The smallest absolute Gasteiger partial charge is 0.323 e.